The predicted octanol–water partition coefficient (Wildman–Crippen LogP) is 4.33. The fourth-order valence-electron chi connectivity index (χ4n) is 4.56. The first-order valence-electron chi connectivity index (χ1n) is 14.6. The third kappa shape index (κ3) is 12.3. The van der Waals surface area contributed by atoms with E-state index in [0.717, 1.165) is 22.3 Å². The number of ether oxygens (including phenoxy) is 1. The standard InChI is InChI=1S/C35H36Cl2N2O6S.Na/c1-35(2,3)22-45-29-15-10-25(11-16-29)31(20-23-4-6-26(7-5-23)33(40)38-18-19-46(42,43)44)34(41)39-28-13-8-24(9-14-28)30-17-12-27(36)21-32(30)37;/h4-17,21,31H,18-20,22H2,1-3H3,(H,38,40)(H,39,41)(H,42,43,44);/q;+1/p-1. The Morgan fingerprint density at radius 2 is 1.53 bits per heavy atom. The van der Waals surface area contributed by atoms with Crippen LogP contribution in [-0.2, 0) is 21.3 Å². The van der Waals surface area contributed by atoms with Gasteiger partial charge in [0, 0.05) is 33.4 Å². The van der Waals surface area contributed by atoms with E-state index in [0.29, 0.717) is 40.1 Å². The van der Waals surface area contributed by atoms with Crippen molar-refractivity contribution in [2.75, 3.05) is 24.2 Å². The molecule has 8 nitrogen and oxygen atoms in total. The molecule has 12 heteroatoms. The normalized spacial score (nSPS) is 12.0. The summed E-state index contributed by atoms with van der Waals surface area (Å²) in [4.78, 5) is 26.2. The average Bonchev–Trinajstić information content (AvgIpc) is 2.99. The number of amides is 2. The Kier molecular flexibility index (Phi) is 13.9. The Hall–Kier alpha value is -2.89. The van der Waals surface area contributed by atoms with E-state index in [1.807, 2.05) is 54.6 Å². The minimum Gasteiger partial charge on any atom is -0.748 e. The van der Waals surface area contributed by atoms with Crippen LogP contribution in [-0.4, -0.2) is 43.7 Å². The molecule has 0 radical (unpaired) electrons. The van der Waals surface area contributed by atoms with Crippen LogP contribution in [0.3, 0.4) is 0 Å². The SMILES string of the molecule is CC(C)(C)COc1ccc(C(Cc2ccc(C(=O)NCCS(=O)(=O)[O-])cc2)C(=O)Nc2ccc(-c3ccc(Cl)cc3Cl)cc2)cc1.[Na+]. The van der Waals surface area contributed by atoms with Crippen molar-refractivity contribution in [1.82, 2.24) is 5.32 Å². The van der Waals surface area contributed by atoms with Gasteiger partial charge in [-0.3, -0.25) is 9.59 Å². The van der Waals surface area contributed by atoms with Crippen LogP contribution in [0.4, 0.5) is 5.69 Å². The molecule has 242 valence electrons. The molecule has 0 saturated carbocycles. The van der Waals surface area contributed by atoms with Gasteiger partial charge >= 0.3 is 29.6 Å². The van der Waals surface area contributed by atoms with E-state index < -0.39 is 27.7 Å². The molecule has 1 unspecified atom stereocenters. The van der Waals surface area contributed by atoms with Crippen molar-refractivity contribution in [2.24, 2.45) is 5.41 Å². The average molecular weight is 706 g/mol. The number of nitrogens with one attached hydrogen (secondary N) is 2. The summed E-state index contributed by atoms with van der Waals surface area (Å²) in [5.41, 5.74) is 4.19. The maximum absolute atomic E-state index is 13.8. The fourth-order valence-corrected chi connectivity index (χ4v) is 5.43. The quantitative estimate of drug-likeness (QED) is 0.167. The van der Waals surface area contributed by atoms with E-state index in [9.17, 15) is 22.6 Å². The number of rotatable bonds is 12. The van der Waals surface area contributed by atoms with Gasteiger partial charge in [-0.05, 0) is 77.1 Å². The Morgan fingerprint density at radius 1 is 0.894 bits per heavy atom. The Labute approximate surface area is 308 Å². The van der Waals surface area contributed by atoms with E-state index in [-0.39, 0.29) is 47.4 Å². The topological polar surface area (TPSA) is 125 Å². The molecule has 0 fully saturated rings. The van der Waals surface area contributed by atoms with Gasteiger partial charge in [0.15, 0.2) is 0 Å². The zero-order valence-electron chi connectivity index (χ0n) is 26.7. The number of anilines is 1. The predicted molar refractivity (Wildman–Crippen MR) is 182 cm³/mol. The van der Waals surface area contributed by atoms with Crippen LogP contribution in [0.5, 0.6) is 5.75 Å². The number of benzene rings is 4. The molecule has 0 aliphatic heterocycles. The van der Waals surface area contributed by atoms with Crippen LogP contribution in [0.2, 0.25) is 10.0 Å². The molecule has 4 rings (SSSR count). The summed E-state index contributed by atoms with van der Waals surface area (Å²) in [5, 5.41) is 6.52. The third-order valence-corrected chi connectivity index (χ3v) is 8.21. The van der Waals surface area contributed by atoms with Crippen molar-refractivity contribution in [3.63, 3.8) is 0 Å². The molecule has 4 aromatic rings. The molecule has 2 amide bonds. The van der Waals surface area contributed by atoms with Crippen molar-refractivity contribution in [3.05, 3.63) is 118 Å². The van der Waals surface area contributed by atoms with Crippen LogP contribution in [0.25, 0.3) is 11.1 Å². The van der Waals surface area contributed by atoms with Gasteiger partial charge < -0.3 is 19.9 Å². The summed E-state index contributed by atoms with van der Waals surface area (Å²) in [6, 6.07) is 26.8. The molecule has 0 aliphatic rings. The molecule has 2 N–H and O–H groups in total. The van der Waals surface area contributed by atoms with Crippen LogP contribution in [0, 0.1) is 5.41 Å². The molecule has 0 heterocycles. The van der Waals surface area contributed by atoms with Gasteiger partial charge in [-0.2, -0.15) is 0 Å². The van der Waals surface area contributed by atoms with Crippen molar-refractivity contribution < 1.29 is 56.9 Å². The molecule has 47 heavy (non-hydrogen) atoms. The first-order valence-corrected chi connectivity index (χ1v) is 16.9. The molecule has 0 saturated heterocycles. The van der Waals surface area contributed by atoms with Gasteiger partial charge in [-0.1, -0.05) is 86.4 Å². The van der Waals surface area contributed by atoms with Gasteiger partial charge in [-0.15, -0.1) is 0 Å². The minimum atomic E-state index is -4.43. The fraction of sp³-hybridized carbons (Fsp3) is 0.257. The van der Waals surface area contributed by atoms with E-state index in [1.54, 1.807) is 36.4 Å². The second kappa shape index (κ2) is 17.0. The Bertz CT molecular complexity index is 1780. The largest absolute Gasteiger partial charge is 1.00 e. The number of carbonyl (C=O) groups is 2. The summed E-state index contributed by atoms with van der Waals surface area (Å²) in [5.74, 6) is -1.29. The van der Waals surface area contributed by atoms with E-state index in [2.05, 4.69) is 31.4 Å². The Balaban J connectivity index is 0.00000600. The summed E-state index contributed by atoms with van der Waals surface area (Å²) in [6.45, 7) is 6.52. The minimum absolute atomic E-state index is 0. The molecule has 0 spiro atoms. The van der Waals surface area contributed by atoms with E-state index in [1.165, 1.54) is 0 Å². The third-order valence-electron chi connectivity index (χ3n) is 6.96. The maximum atomic E-state index is 13.8. The van der Waals surface area contributed by atoms with Crippen LogP contribution < -0.4 is 44.9 Å². The van der Waals surface area contributed by atoms with E-state index in [4.69, 9.17) is 27.9 Å². The molecule has 1 atom stereocenters. The maximum Gasteiger partial charge on any atom is 1.00 e. The van der Waals surface area contributed by atoms with Gasteiger partial charge in [-0.25, -0.2) is 8.42 Å². The van der Waals surface area contributed by atoms with Crippen LogP contribution in [0.15, 0.2) is 91.0 Å². The summed E-state index contributed by atoms with van der Waals surface area (Å²) in [6.07, 6.45) is 0.336. The first-order chi connectivity index (χ1) is 21.7. The number of hydrogen-bond acceptors (Lipinski definition) is 6. The second-order valence-corrected chi connectivity index (χ2v) is 14.4. The van der Waals surface area contributed by atoms with E-state index >= 15 is 0 Å². The molecule has 0 aromatic heterocycles. The van der Waals surface area contributed by atoms with Crippen LogP contribution >= 0.6 is 23.2 Å². The molecular weight excluding hydrogens is 670 g/mol. The van der Waals surface area contributed by atoms with Crippen molar-refractivity contribution in [3.8, 4) is 16.9 Å². The number of carbonyl (C=O) groups excluding carboxylic acids is 2. The van der Waals surface area contributed by atoms with Gasteiger partial charge in [0.25, 0.3) is 5.91 Å². The van der Waals surface area contributed by atoms with Gasteiger partial charge in [0.1, 0.15) is 5.75 Å². The summed E-state index contributed by atoms with van der Waals surface area (Å²) < 4.78 is 38.4. The first kappa shape index (κ1) is 38.6. The monoisotopic (exact) mass is 704 g/mol. The molecular formula is C35H35Cl2N2NaO6S. The summed E-state index contributed by atoms with van der Waals surface area (Å²) >= 11 is 12.4. The van der Waals surface area contributed by atoms with Gasteiger partial charge in [0.2, 0.25) is 5.91 Å². The number of hydrogen-bond donors (Lipinski definition) is 2. The zero-order chi connectivity index (χ0) is 33.5. The van der Waals surface area contributed by atoms with Gasteiger partial charge in [0.05, 0.1) is 28.4 Å². The van der Waals surface area contributed by atoms with Crippen molar-refractivity contribution in [1.29, 1.82) is 0 Å². The zero-order valence-corrected chi connectivity index (χ0v) is 31.0. The smallest absolute Gasteiger partial charge is 0.748 e. The molecule has 0 aliphatic carbocycles. The number of halogens is 2. The molecule has 4 aromatic carbocycles. The molecule has 0 bridgehead atoms. The summed E-state index contributed by atoms with van der Waals surface area (Å²) in [7, 11) is -4.43. The second-order valence-electron chi connectivity index (χ2n) is 12.1. The van der Waals surface area contributed by atoms with Crippen molar-refractivity contribution in [2.45, 2.75) is 33.1 Å². The van der Waals surface area contributed by atoms with Crippen molar-refractivity contribution >= 4 is 50.8 Å². The Morgan fingerprint density at radius 3 is 2.11 bits per heavy atom. The van der Waals surface area contributed by atoms with Crippen LogP contribution in [0.1, 0.15) is 48.2 Å².